The minimum Gasteiger partial charge on any atom is -0.377 e. The Balaban J connectivity index is 2.07. The van der Waals surface area contributed by atoms with E-state index in [0.29, 0.717) is 0 Å². The largest absolute Gasteiger partial charge is 0.377 e. The van der Waals surface area contributed by atoms with Crippen LogP contribution < -0.4 is 5.32 Å². The summed E-state index contributed by atoms with van der Waals surface area (Å²) in [5.41, 5.74) is 2.25. The van der Waals surface area contributed by atoms with Crippen LogP contribution in [-0.2, 0) is 0 Å². The monoisotopic (exact) mass is 344 g/mol. The lowest BCUT2D eigenvalue weighted by Crippen LogP contribution is -2.06. The third-order valence-corrected chi connectivity index (χ3v) is 3.82. The van der Waals surface area contributed by atoms with Crippen molar-refractivity contribution in [3.05, 3.63) is 43.9 Å². The average molecular weight is 344 g/mol. The Kier molecular flexibility index (Phi) is 3.81. The molecule has 0 fully saturated rings. The molecule has 1 N–H and O–H groups in total. The SMILES string of the molecule is Cc1nc(C(C)Nc2ccc(I)cc2)cs1. The Morgan fingerprint density at radius 2 is 2.00 bits per heavy atom. The van der Waals surface area contributed by atoms with Crippen molar-refractivity contribution in [2.45, 2.75) is 19.9 Å². The fourth-order valence-corrected chi connectivity index (χ4v) is 2.51. The number of rotatable bonds is 3. The van der Waals surface area contributed by atoms with Crippen LogP contribution in [0.4, 0.5) is 5.69 Å². The van der Waals surface area contributed by atoms with Gasteiger partial charge in [-0.3, -0.25) is 0 Å². The first-order chi connectivity index (χ1) is 7.65. The van der Waals surface area contributed by atoms with Gasteiger partial charge in [-0.05, 0) is 60.7 Å². The number of aryl methyl sites for hydroxylation is 1. The summed E-state index contributed by atoms with van der Waals surface area (Å²) in [4.78, 5) is 4.48. The standard InChI is InChI=1S/C12H13IN2S/c1-8(12-7-16-9(2)15-12)14-11-5-3-10(13)4-6-11/h3-8,14H,1-2H3. The highest BCUT2D eigenvalue weighted by Gasteiger charge is 2.08. The summed E-state index contributed by atoms with van der Waals surface area (Å²) in [5, 5.41) is 6.67. The van der Waals surface area contributed by atoms with Gasteiger partial charge in [0.05, 0.1) is 16.7 Å². The summed E-state index contributed by atoms with van der Waals surface area (Å²) in [6.07, 6.45) is 0. The molecule has 2 rings (SSSR count). The molecule has 4 heteroatoms. The average Bonchev–Trinajstić information content (AvgIpc) is 2.68. The Hall–Kier alpha value is -0.620. The first kappa shape index (κ1) is 11.9. The van der Waals surface area contributed by atoms with E-state index in [0.717, 1.165) is 16.4 Å². The van der Waals surface area contributed by atoms with E-state index >= 15 is 0 Å². The van der Waals surface area contributed by atoms with Crippen molar-refractivity contribution in [1.82, 2.24) is 4.98 Å². The van der Waals surface area contributed by atoms with E-state index in [2.05, 4.69) is 69.5 Å². The van der Waals surface area contributed by atoms with Crippen molar-refractivity contribution in [3.63, 3.8) is 0 Å². The van der Waals surface area contributed by atoms with Crippen LogP contribution in [0, 0.1) is 10.5 Å². The molecule has 1 aromatic heterocycles. The first-order valence-electron chi connectivity index (χ1n) is 5.09. The molecule has 2 aromatic rings. The van der Waals surface area contributed by atoms with Gasteiger partial charge in [-0.15, -0.1) is 11.3 Å². The summed E-state index contributed by atoms with van der Waals surface area (Å²) in [5.74, 6) is 0. The molecule has 1 atom stereocenters. The number of nitrogens with zero attached hydrogens (tertiary/aromatic N) is 1. The van der Waals surface area contributed by atoms with Crippen LogP contribution in [0.5, 0.6) is 0 Å². The first-order valence-corrected chi connectivity index (χ1v) is 7.05. The van der Waals surface area contributed by atoms with Gasteiger partial charge in [0.25, 0.3) is 0 Å². The topological polar surface area (TPSA) is 24.9 Å². The molecule has 0 aliphatic carbocycles. The molecular weight excluding hydrogens is 331 g/mol. The van der Waals surface area contributed by atoms with Crippen molar-refractivity contribution in [1.29, 1.82) is 0 Å². The van der Waals surface area contributed by atoms with Gasteiger partial charge in [-0.2, -0.15) is 0 Å². The van der Waals surface area contributed by atoms with Crippen molar-refractivity contribution in [3.8, 4) is 0 Å². The van der Waals surface area contributed by atoms with Gasteiger partial charge < -0.3 is 5.32 Å². The zero-order chi connectivity index (χ0) is 11.5. The second-order valence-electron chi connectivity index (χ2n) is 3.66. The second-order valence-corrected chi connectivity index (χ2v) is 5.97. The molecule has 84 valence electrons. The van der Waals surface area contributed by atoms with E-state index in [1.807, 2.05) is 6.92 Å². The number of hydrogen-bond acceptors (Lipinski definition) is 3. The van der Waals surface area contributed by atoms with E-state index in [1.165, 1.54) is 3.57 Å². The molecule has 0 saturated heterocycles. The predicted molar refractivity (Wildman–Crippen MR) is 78.0 cm³/mol. The van der Waals surface area contributed by atoms with Gasteiger partial charge in [0.2, 0.25) is 0 Å². The van der Waals surface area contributed by atoms with Crippen LogP contribution in [0.2, 0.25) is 0 Å². The lowest BCUT2D eigenvalue weighted by molar-refractivity contribution is 0.845. The molecule has 0 amide bonds. The molecule has 0 aliphatic heterocycles. The fourth-order valence-electron chi connectivity index (χ4n) is 1.45. The van der Waals surface area contributed by atoms with Crippen LogP contribution in [0.3, 0.4) is 0 Å². The molecule has 0 bridgehead atoms. The van der Waals surface area contributed by atoms with E-state index in [1.54, 1.807) is 11.3 Å². The highest BCUT2D eigenvalue weighted by atomic mass is 127. The summed E-state index contributed by atoms with van der Waals surface area (Å²) < 4.78 is 1.25. The Morgan fingerprint density at radius 3 is 2.56 bits per heavy atom. The molecule has 1 unspecified atom stereocenters. The normalized spacial score (nSPS) is 12.4. The Labute approximate surface area is 113 Å². The van der Waals surface area contributed by atoms with E-state index in [9.17, 15) is 0 Å². The molecule has 0 radical (unpaired) electrons. The van der Waals surface area contributed by atoms with Gasteiger partial charge in [0, 0.05) is 14.6 Å². The third-order valence-electron chi connectivity index (χ3n) is 2.31. The Morgan fingerprint density at radius 1 is 1.31 bits per heavy atom. The highest BCUT2D eigenvalue weighted by Crippen LogP contribution is 2.21. The predicted octanol–water partition coefficient (Wildman–Crippen LogP) is 4.23. The maximum absolute atomic E-state index is 4.48. The van der Waals surface area contributed by atoms with Crippen molar-refractivity contribution < 1.29 is 0 Å². The number of benzene rings is 1. The van der Waals surface area contributed by atoms with Crippen LogP contribution >= 0.6 is 33.9 Å². The number of anilines is 1. The molecule has 1 aromatic carbocycles. The molecular formula is C12H13IN2S. The molecule has 0 aliphatic rings. The molecule has 0 saturated carbocycles. The quantitative estimate of drug-likeness (QED) is 0.843. The molecule has 0 spiro atoms. The van der Waals surface area contributed by atoms with Crippen molar-refractivity contribution >= 4 is 39.6 Å². The molecule has 1 heterocycles. The zero-order valence-corrected chi connectivity index (χ0v) is 12.2. The van der Waals surface area contributed by atoms with Crippen molar-refractivity contribution in [2.24, 2.45) is 0 Å². The highest BCUT2D eigenvalue weighted by molar-refractivity contribution is 14.1. The van der Waals surface area contributed by atoms with Gasteiger partial charge >= 0.3 is 0 Å². The maximum Gasteiger partial charge on any atom is 0.0898 e. The number of halogens is 1. The van der Waals surface area contributed by atoms with Crippen LogP contribution in [-0.4, -0.2) is 4.98 Å². The third kappa shape index (κ3) is 2.95. The number of aromatic nitrogens is 1. The smallest absolute Gasteiger partial charge is 0.0898 e. The minimum atomic E-state index is 0.255. The van der Waals surface area contributed by atoms with Crippen LogP contribution in [0.25, 0.3) is 0 Å². The number of thiazole rings is 1. The maximum atomic E-state index is 4.48. The summed E-state index contributed by atoms with van der Waals surface area (Å²) in [7, 11) is 0. The molecule has 2 nitrogen and oxygen atoms in total. The van der Waals surface area contributed by atoms with Gasteiger partial charge in [-0.25, -0.2) is 4.98 Å². The van der Waals surface area contributed by atoms with Gasteiger partial charge in [0.1, 0.15) is 0 Å². The van der Waals surface area contributed by atoms with Crippen LogP contribution in [0.1, 0.15) is 23.7 Å². The lowest BCUT2D eigenvalue weighted by atomic mass is 10.2. The second kappa shape index (κ2) is 5.14. The van der Waals surface area contributed by atoms with E-state index in [4.69, 9.17) is 0 Å². The summed E-state index contributed by atoms with van der Waals surface area (Å²) in [6, 6.07) is 8.64. The Bertz CT molecular complexity index is 464. The molecule has 16 heavy (non-hydrogen) atoms. The summed E-state index contributed by atoms with van der Waals surface area (Å²) in [6.45, 7) is 4.16. The van der Waals surface area contributed by atoms with Gasteiger partial charge in [0.15, 0.2) is 0 Å². The van der Waals surface area contributed by atoms with E-state index in [-0.39, 0.29) is 6.04 Å². The van der Waals surface area contributed by atoms with Gasteiger partial charge in [-0.1, -0.05) is 0 Å². The van der Waals surface area contributed by atoms with Crippen molar-refractivity contribution in [2.75, 3.05) is 5.32 Å². The minimum absolute atomic E-state index is 0.255. The van der Waals surface area contributed by atoms with E-state index < -0.39 is 0 Å². The van der Waals surface area contributed by atoms with Crippen LogP contribution in [0.15, 0.2) is 29.6 Å². The number of hydrogen-bond donors (Lipinski definition) is 1. The zero-order valence-electron chi connectivity index (χ0n) is 9.20. The lowest BCUT2D eigenvalue weighted by Gasteiger charge is -2.12. The summed E-state index contributed by atoms with van der Waals surface area (Å²) >= 11 is 4.00. The number of nitrogens with one attached hydrogen (secondary N) is 1. The fraction of sp³-hybridized carbons (Fsp3) is 0.250.